The van der Waals surface area contributed by atoms with Crippen molar-refractivity contribution in [2.24, 2.45) is 5.41 Å². The first-order valence-electron chi connectivity index (χ1n) is 5.79. The predicted octanol–water partition coefficient (Wildman–Crippen LogP) is 1.64. The number of esters is 2. The molecule has 0 aromatic heterocycles. The maximum atomic E-state index is 11.1. The molecule has 0 aromatic carbocycles. The van der Waals surface area contributed by atoms with Crippen LogP contribution in [0.1, 0.15) is 41.0 Å². The topological polar surface area (TPSA) is 61.8 Å². The largest absolute Gasteiger partial charge is 0.455 e. The second-order valence-electron chi connectivity index (χ2n) is 4.86. The second-order valence-corrected chi connectivity index (χ2v) is 4.86. The average molecular weight is 244 g/mol. The molecule has 0 spiro atoms. The van der Waals surface area contributed by atoms with Gasteiger partial charge in [-0.15, -0.1) is 0 Å². The van der Waals surface area contributed by atoms with Gasteiger partial charge in [-0.1, -0.05) is 20.8 Å². The molecular formula is C12H20O5. The van der Waals surface area contributed by atoms with Crippen molar-refractivity contribution in [3.63, 3.8) is 0 Å². The highest BCUT2D eigenvalue weighted by Crippen LogP contribution is 2.42. The van der Waals surface area contributed by atoms with Crippen LogP contribution in [0, 0.1) is 5.41 Å². The molecule has 3 atom stereocenters. The maximum Gasteiger partial charge on any atom is 0.305 e. The lowest BCUT2D eigenvalue weighted by atomic mass is 9.81. The highest BCUT2D eigenvalue weighted by Gasteiger charge is 2.53. The summed E-state index contributed by atoms with van der Waals surface area (Å²) in [5.74, 6) is -0.847. The van der Waals surface area contributed by atoms with Crippen molar-refractivity contribution < 1.29 is 23.8 Å². The Morgan fingerprint density at radius 2 is 1.71 bits per heavy atom. The quantitative estimate of drug-likeness (QED) is 0.706. The Labute approximate surface area is 101 Å². The van der Waals surface area contributed by atoms with Crippen molar-refractivity contribution in [1.29, 1.82) is 0 Å². The van der Waals surface area contributed by atoms with Crippen LogP contribution in [0.2, 0.25) is 0 Å². The first-order chi connectivity index (χ1) is 7.78. The molecule has 98 valence electrons. The number of carbonyl (C=O) groups is 2. The summed E-state index contributed by atoms with van der Waals surface area (Å²) in [6.07, 6.45) is -0.705. The molecule has 0 unspecified atom stereocenters. The van der Waals surface area contributed by atoms with E-state index in [0.717, 1.165) is 6.42 Å². The molecule has 0 aliphatic carbocycles. The van der Waals surface area contributed by atoms with Crippen molar-refractivity contribution in [3.05, 3.63) is 0 Å². The highest BCUT2D eigenvalue weighted by atomic mass is 16.7. The van der Waals surface area contributed by atoms with Crippen LogP contribution >= 0.6 is 0 Å². The van der Waals surface area contributed by atoms with E-state index in [-0.39, 0.29) is 11.5 Å². The van der Waals surface area contributed by atoms with E-state index < -0.39 is 24.3 Å². The molecule has 17 heavy (non-hydrogen) atoms. The number of ether oxygens (including phenoxy) is 3. The second kappa shape index (κ2) is 5.04. The predicted molar refractivity (Wildman–Crippen MR) is 60.1 cm³/mol. The van der Waals surface area contributed by atoms with Gasteiger partial charge in [-0.3, -0.25) is 9.59 Å². The highest BCUT2D eigenvalue weighted by molar-refractivity contribution is 5.67. The molecule has 1 aliphatic rings. The summed E-state index contributed by atoms with van der Waals surface area (Å²) in [7, 11) is 0. The Bertz CT molecular complexity index is 310. The summed E-state index contributed by atoms with van der Waals surface area (Å²) < 4.78 is 15.9. The number of hydrogen-bond donors (Lipinski definition) is 0. The van der Waals surface area contributed by atoms with E-state index in [0.29, 0.717) is 0 Å². The SMILES string of the molecule is CC[C@H]1O[C@@H](OC(C)=O)[C@H](OC(C)=O)C1(C)C. The van der Waals surface area contributed by atoms with E-state index in [1.54, 1.807) is 0 Å². The van der Waals surface area contributed by atoms with Crippen molar-refractivity contribution in [2.45, 2.75) is 59.5 Å². The summed E-state index contributed by atoms with van der Waals surface area (Å²) >= 11 is 0. The molecule has 0 amide bonds. The third-order valence-corrected chi connectivity index (χ3v) is 3.05. The molecule has 1 heterocycles. The van der Waals surface area contributed by atoms with Gasteiger partial charge in [0.1, 0.15) is 0 Å². The smallest absolute Gasteiger partial charge is 0.305 e. The molecule has 5 heteroatoms. The maximum absolute atomic E-state index is 11.1. The van der Waals surface area contributed by atoms with Crippen LogP contribution in [0.3, 0.4) is 0 Å². The summed E-state index contributed by atoms with van der Waals surface area (Å²) in [4.78, 5) is 22.1. The minimum atomic E-state index is -0.809. The number of rotatable bonds is 3. The van der Waals surface area contributed by atoms with E-state index in [1.807, 2.05) is 20.8 Å². The van der Waals surface area contributed by atoms with Crippen LogP contribution in [-0.2, 0) is 23.8 Å². The van der Waals surface area contributed by atoms with Gasteiger partial charge < -0.3 is 14.2 Å². The molecule has 1 rings (SSSR count). The summed E-state index contributed by atoms with van der Waals surface area (Å²) in [5, 5.41) is 0. The molecule has 0 saturated carbocycles. The van der Waals surface area contributed by atoms with Gasteiger partial charge in [0.25, 0.3) is 0 Å². The molecule has 0 bridgehead atoms. The molecule has 5 nitrogen and oxygen atoms in total. The average Bonchev–Trinajstić information content (AvgIpc) is 2.39. The summed E-state index contributed by atoms with van der Waals surface area (Å²) in [5.41, 5.74) is -0.374. The van der Waals surface area contributed by atoms with E-state index in [9.17, 15) is 9.59 Å². The van der Waals surface area contributed by atoms with E-state index in [1.165, 1.54) is 13.8 Å². The molecule has 1 saturated heterocycles. The Hall–Kier alpha value is -1.10. The van der Waals surface area contributed by atoms with Crippen LogP contribution in [0.25, 0.3) is 0 Å². The Kier molecular flexibility index (Phi) is 4.14. The molecule has 1 aliphatic heterocycles. The van der Waals surface area contributed by atoms with Gasteiger partial charge >= 0.3 is 11.9 Å². The van der Waals surface area contributed by atoms with Crippen molar-refractivity contribution in [2.75, 3.05) is 0 Å². The molecular weight excluding hydrogens is 224 g/mol. The monoisotopic (exact) mass is 244 g/mol. The van der Waals surface area contributed by atoms with Crippen LogP contribution in [0.5, 0.6) is 0 Å². The zero-order valence-electron chi connectivity index (χ0n) is 11.0. The molecule has 0 radical (unpaired) electrons. The molecule has 0 N–H and O–H groups in total. The fourth-order valence-corrected chi connectivity index (χ4v) is 2.20. The number of carbonyl (C=O) groups excluding carboxylic acids is 2. The standard InChI is InChI=1S/C12H20O5/c1-6-9-12(4,5)10(15-7(2)13)11(17-9)16-8(3)14/h9-11H,6H2,1-5H3/t9-,10+,11-/m1/s1. The van der Waals surface area contributed by atoms with E-state index in [4.69, 9.17) is 14.2 Å². The van der Waals surface area contributed by atoms with E-state index in [2.05, 4.69) is 0 Å². The first kappa shape index (κ1) is 14.0. The lowest BCUT2D eigenvalue weighted by Gasteiger charge is -2.29. The van der Waals surface area contributed by atoms with Gasteiger partial charge in [0.15, 0.2) is 6.10 Å². The third kappa shape index (κ3) is 2.97. The van der Waals surface area contributed by atoms with Crippen LogP contribution in [0.4, 0.5) is 0 Å². The van der Waals surface area contributed by atoms with Gasteiger partial charge in [-0.2, -0.15) is 0 Å². The fourth-order valence-electron chi connectivity index (χ4n) is 2.20. The molecule has 0 aromatic rings. The van der Waals surface area contributed by atoms with Crippen LogP contribution < -0.4 is 0 Å². The van der Waals surface area contributed by atoms with Gasteiger partial charge in [-0.05, 0) is 6.42 Å². The van der Waals surface area contributed by atoms with Crippen LogP contribution in [-0.4, -0.2) is 30.4 Å². The normalized spacial score (nSPS) is 31.0. The van der Waals surface area contributed by atoms with Gasteiger partial charge in [0, 0.05) is 19.3 Å². The van der Waals surface area contributed by atoms with Crippen molar-refractivity contribution in [1.82, 2.24) is 0 Å². The molecule has 1 fully saturated rings. The van der Waals surface area contributed by atoms with Gasteiger partial charge in [0.05, 0.1) is 6.10 Å². The van der Waals surface area contributed by atoms with Crippen LogP contribution in [0.15, 0.2) is 0 Å². The Morgan fingerprint density at radius 1 is 1.18 bits per heavy atom. The van der Waals surface area contributed by atoms with Crippen molar-refractivity contribution >= 4 is 11.9 Å². The lowest BCUT2D eigenvalue weighted by molar-refractivity contribution is -0.195. The minimum absolute atomic E-state index is 0.101. The lowest BCUT2D eigenvalue weighted by Crippen LogP contribution is -2.40. The summed E-state index contributed by atoms with van der Waals surface area (Å²) in [6.45, 7) is 8.50. The van der Waals surface area contributed by atoms with E-state index >= 15 is 0 Å². The first-order valence-corrected chi connectivity index (χ1v) is 5.79. The van der Waals surface area contributed by atoms with Gasteiger partial charge in [0.2, 0.25) is 6.29 Å². The fraction of sp³-hybridized carbons (Fsp3) is 0.833. The zero-order valence-corrected chi connectivity index (χ0v) is 11.0. The van der Waals surface area contributed by atoms with Crippen molar-refractivity contribution in [3.8, 4) is 0 Å². The third-order valence-electron chi connectivity index (χ3n) is 3.05. The minimum Gasteiger partial charge on any atom is -0.455 e. The Balaban J connectivity index is 2.89. The summed E-state index contributed by atoms with van der Waals surface area (Å²) in [6, 6.07) is 0. The Morgan fingerprint density at radius 3 is 2.12 bits per heavy atom. The number of hydrogen-bond acceptors (Lipinski definition) is 5. The zero-order chi connectivity index (χ0) is 13.2. The van der Waals surface area contributed by atoms with Gasteiger partial charge in [-0.25, -0.2) is 0 Å².